The van der Waals surface area contributed by atoms with Gasteiger partial charge in [-0.3, -0.25) is 0 Å². The molecule has 0 spiro atoms. The fourth-order valence-corrected chi connectivity index (χ4v) is 1.79. The van der Waals surface area contributed by atoms with Crippen LogP contribution in [0.1, 0.15) is 0 Å². The number of halogens is 4. The minimum Gasteiger partial charge on any atom is -0.151 e. The lowest BCUT2D eigenvalue weighted by atomic mass is 10.3. The van der Waals surface area contributed by atoms with Crippen molar-refractivity contribution in [3.8, 4) is 0 Å². The molecule has 0 amide bonds. The second-order valence-corrected chi connectivity index (χ2v) is 5.03. The Labute approximate surface area is 124 Å². The summed E-state index contributed by atoms with van der Waals surface area (Å²) >= 11 is 23.3. The number of benzene rings is 2. The second kappa shape index (κ2) is 5.89. The van der Waals surface area contributed by atoms with Gasteiger partial charge in [-0.2, -0.15) is 10.2 Å². The molecule has 18 heavy (non-hydrogen) atoms. The lowest BCUT2D eigenvalue weighted by molar-refractivity contribution is 1.23. The van der Waals surface area contributed by atoms with Gasteiger partial charge >= 0.3 is 0 Å². The van der Waals surface area contributed by atoms with Crippen LogP contribution in [0.25, 0.3) is 0 Å². The molecule has 2 aromatic rings. The summed E-state index contributed by atoms with van der Waals surface area (Å²) in [7, 11) is 0. The number of nitrogens with zero attached hydrogens (tertiary/aromatic N) is 2. The van der Waals surface area contributed by atoms with Gasteiger partial charge in [0.2, 0.25) is 0 Å². The highest BCUT2D eigenvalue weighted by Gasteiger charge is 2.00. The number of hydrogen-bond acceptors (Lipinski definition) is 2. The molecule has 2 aromatic carbocycles. The van der Waals surface area contributed by atoms with E-state index in [0.717, 1.165) is 0 Å². The standard InChI is InChI=1S/C12H6Cl4N2/c13-9-3-1-7(5-11(9)15)17-18-8-2-4-10(14)12(16)6-8/h1-6H/b18-17+. The third kappa shape index (κ3) is 3.36. The average molecular weight is 320 g/mol. The summed E-state index contributed by atoms with van der Waals surface area (Å²) in [6.45, 7) is 0. The summed E-state index contributed by atoms with van der Waals surface area (Å²) in [5, 5.41) is 9.88. The van der Waals surface area contributed by atoms with Crippen molar-refractivity contribution in [2.75, 3.05) is 0 Å². The Morgan fingerprint density at radius 1 is 0.556 bits per heavy atom. The van der Waals surface area contributed by atoms with Gasteiger partial charge < -0.3 is 0 Å². The largest absolute Gasteiger partial charge is 0.151 e. The zero-order chi connectivity index (χ0) is 13.1. The van der Waals surface area contributed by atoms with E-state index in [1.165, 1.54) is 0 Å². The van der Waals surface area contributed by atoms with Crippen molar-refractivity contribution in [1.29, 1.82) is 0 Å². The summed E-state index contributed by atoms with van der Waals surface area (Å²) in [4.78, 5) is 0. The molecule has 0 aromatic heterocycles. The van der Waals surface area contributed by atoms with E-state index in [9.17, 15) is 0 Å². The lowest BCUT2D eigenvalue weighted by Crippen LogP contribution is -1.70. The molecule has 0 aliphatic rings. The van der Waals surface area contributed by atoms with E-state index in [1.54, 1.807) is 36.4 Å². The Balaban J connectivity index is 2.24. The van der Waals surface area contributed by atoms with Crippen LogP contribution in [-0.2, 0) is 0 Å². The van der Waals surface area contributed by atoms with Crippen molar-refractivity contribution in [2.24, 2.45) is 10.2 Å². The Morgan fingerprint density at radius 3 is 1.28 bits per heavy atom. The second-order valence-electron chi connectivity index (χ2n) is 3.40. The van der Waals surface area contributed by atoms with E-state index >= 15 is 0 Å². The predicted octanol–water partition coefficient (Wildman–Crippen LogP) is 6.72. The fourth-order valence-electron chi connectivity index (χ4n) is 1.21. The highest BCUT2D eigenvalue weighted by atomic mass is 35.5. The summed E-state index contributed by atoms with van der Waals surface area (Å²) in [6.07, 6.45) is 0. The van der Waals surface area contributed by atoms with Gasteiger partial charge in [-0.25, -0.2) is 0 Å². The molecular weight excluding hydrogens is 314 g/mol. The van der Waals surface area contributed by atoms with Crippen molar-refractivity contribution >= 4 is 57.8 Å². The molecule has 0 radical (unpaired) electrons. The lowest BCUT2D eigenvalue weighted by Gasteiger charge is -1.98. The molecule has 0 aliphatic heterocycles. The summed E-state index contributed by atoms with van der Waals surface area (Å²) in [5.74, 6) is 0. The van der Waals surface area contributed by atoms with E-state index < -0.39 is 0 Å². The van der Waals surface area contributed by atoms with E-state index in [2.05, 4.69) is 10.2 Å². The third-order valence-corrected chi connectivity index (χ3v) is 3.57. The average Bonchev–Trinajstić information content (AvgIpc) is 2.35. The first kappa shape index (κ1) is 13.6. The van der Waals surface area contributed by atoms with Crippen molar-refractivity contribution in [1.82, 2.24) is 0 Å². The smallest absolute Gasteiger partial charge is 0.0872 e. The van der Waals surface area contributed by atoms with Gasteiger partial charge in [-0.1, -0.05) is 46.4 Å². The Morgan fingerprint density at radius 2 is 0.944 bits per heavy atom. The Hall–Kier alpha value is -0.800. The minimum atomic E-state index is 0.433. The predicted molar refractivity (Wildman–Crippen MR) is 77.1 cm³/mol. The van der Waals surface area contributed by atoms with Crippen LogP contribution in [0.4, 0.5) is 11.4 Å². The zero-order valence-electron chi connectivity index (χ0n) is 8.87. The Kier molecular flexibility index (Phi) is 4.46. The van der Waals surface area contributed by atoms with Crippen LogP contribution >= 0.6 is 46.4 Å². The normalized spacial score (nSPS) is 11.1. The molecule has 0 bridgehead atoms. The van der Waals surface area contributed by atoms with Crippen LogP contribution in [0.5, 0.6) is 0 Å². The molecule has 0 fully saturated rings. The van der Waals surface area contributed by atoms with Gasteiger partial charge in [0.25, 0.3) is 0 Å². The molecule has 2 rings (SSSR count). The van der Waals surface area contributed by atoms with Gasteiger partial charge in [0.15, 0.2) is 0 Å². The third-order valence-electron chi connectivity index (χ3n) is 2.09. The van der Waals surface area contributed by atoms with Crippen molar-refractivity contribution in [3.05, 3.63) is 56.5 Å². The quantitative estimate of drug-likeness (QED) is 0.549. The van der Waals surface area contributed by atoms with Crippen LogP contribution in [0.3, 0.4) is 0 Å². The van der Waals surface area contributed by atoms with E-state index in [-0.39, 0.29) is 0 Å². The first-order valence-corrected chi connectivity index (χ1v) is 6.39. The van der Waals surface area contributed by atoms with Gasteiger partial charge in [0.05, 0.1) is 31.5 Å². The molecule has 0 saturated carbocycles. The summed E-state index contributed by atoms with van der Waals surface area (Å²) in [5.41, 5.74) is 1.21. The molecule has 0 saturated heterocycles. The molecule has 92 valence electrons. The van der Waals surface area contributed by atoms with E-state index in [4.69, 9.17) is 46.4 Å². The molecule has 0 atom stereocenters. The van der Waals surface area contributed by atoms with Crippen LogP contribution in [-0.4, -0.2) is 0 Å². The van der Waals surface area contributed by atoms with Crippen molar-refractivity contribution in [3.63, 3.8) is 0 Å². The topological polar surface area (TPSA) is 24.7 Å². The first-order chi connectivity index (χ1) is 8.56. The highest BCUT2D eigenvalue weighted by molar-refractivity contribution is 6.42. The molecule has 0 heterocycles. The Bertz CT molecular complexity index is 558. The molecule has 6 heteroatoms. The van der Waals surface area contributed by atoms with Crippen LogP contribution in [0, 0.1) is 0 Å². The SMILES string of the molecule is Clc1ccc(/N=N/c2ccc(Cl)c(Cl)c2)cc1Cl. The maximum Gasteiger partial charge on any atom is 0.0872 e. The van der Waals surface area contributed by atoms with E-state index in [0.29, 0.717) is 31.5 Å². The van der Waals surface area contributed by atoms with Crippen LogP contribution < -0.4 is 0 Å². The summed E-state index contributed by atoms with van der Waals surface area (Å²) in [6, 6.07) is 10.0. The maximum absolute atomic E-state index is 5.87. The molecule has 0 unspecified atom stereocenters. The zero-order valence-corrected chi connectivity index (χ0v) is 11.9. The number of azo groups is 1. The number of hydrogen-bond donors (Lipinski definition) is 0. The van der Waals surface area contributed by atoms with Crippen molar-refractivity contribution < 1.29 is 0 Å². The van der Waals surface area contributed by atoms with Gasteiger partial charge in [-0.15, -0.1) is 0 Å². The van der Waals surface area contributed by atoms with E-state index in [1.807, 2.05) is 0 Å². The first-order valence-electron chi connectivity index (χ1n) is 4.88. The van der Waals surface area contributed by atoms with Crippen LogP contribution in [0.15, 0.2) is 46.6 Å². The van der Waals surface area contributed by atoms with Gasteiger partial charge in [-0.05, 0) is 36.4 Å². The fraction of sp³-hybridized carbons (Fsp3) is 0. The van der Waals surface area contributed by atoms with Gasteiger partial charge in [0.1, 0.15) is 0 Å². The van der Waals surface area contributed by atoms with Gasteiger partial charge in [0, 0.05) is 0 Å². The minimum absolute atomic E-state index is 0.433. The summed E-state index contributed by atoms with van der Waals surface area (Å²) < 4.78 is 0. The molecule has 2 nitrogen and oxygen atoms in total. The monoisotopic (exact) mass is 318 g/mol. The number of rotatable bonds is 2. The molecule has 0 N–H and O–H groups in total. The maximum atomic E-state index is 5.87. The molecular formula is C12H6Cl4N2. The highest BCUT2D eigenvalue weighted by Crippen LogP contribution is 2.30. The van der Waals surface area contributed by atoms with Crippen LogP contribution in [0.2, 0.25) is 20.1 Å². The van der Waals surface area contributed by atoms with Crippen molar-refractivity contribution in [2.45, 2.75) is 0 Å². The molecule has 0 aliphatic carbocycles.